The number of hydrogen-bond acceptors (Lipinski definition) is 3. The fraction of sp³-hybridized carbons (Fsp3) is 0.500. The van der Waals surface area contributed by atoms with E-state index in [1.54, 1.807) is 6.92 Å². The van der Waals surface area contributed by atoms with Gasteiger partial charge in [0.05, 0.1) is 5.25 Å². The van der Waals surface area contributed by atoms with Crippen molar-refractivity contribution < 1.29 is 8.42 Å². The van der Waals surface area contributed by atoms with Gasteiger partial charge >= 0.3 is 0 Å². The largest absolute Gasteiger partial charge is 0.329 e. The van der Waals surface area contributed by atoms with Crippen LogP contribution in [-0.2, 0) is 16.4 Å². The summed E-state index contributed by atoms with van der Waals surface area (Å²) in [6.45, 7) is 3.60. The van der Waals surface area contributed by atoms with Crippen molar-refractivity contribution >= 4 is 10.0 Å². The maximum atomic E-state index is 11.8. The van der Waals surface area contributed by atoms with E-state index in [0.717, 1.165) is 5.56 Å². The summed E-state index contributed by atoms with van der Waals surface area (Å²) in [5.74, 6) is 0. The molecule has 0 aliphatic heterocycles. The van der Waals surface area contributed by atoms with Crippen LogP contribution in [0.1, 0.15) is 19.4 Å². The van der Waals surface area contributed by atoms with Crippen LogP contribution in [0.25, 0.3) is 0 Å². The van der Waals surface area contributed by atoms with Gasteiger partial charge in [0.2, 0.25) is 10.0 Å². The first-order valence-electron chi connectivity index (χ1n) is 5.71. The summed E-state index contributed by atoms with van der Waals surface area (Å²) >= 11 is 0. The van der Waals surface area contributed by atoms with Gasteiger partial charge in [-0.1, -0.05) is 30.3 Å². The molecule has 1 rings (SSSR count). The Morgan fingerprint density at radius 3 is 2.35 bits per heavy atom. The van der Waals surface area contributed by atoms with Crippen LogP contribution in [-0.4, -0.2) is 26.3 Å². The lowest BCUT2D eigenvalue weighted by Gasteiger charge is -2.17. The third-order valence-corrected chi connectivity index (χ3v) is 4.59. The summed E-state index contributed by atoms with van der Waals surface area (Å²) in [6.07, 6.45) is 0.678. The fourth-order valence-electron chi connectivity index (χ4n) is 1.53. The quantitative estimate of drug-likeness (QED) is 0.794. The molecule has 2 unspecified atom stereocenters. The molecule has 0 bridgehead atoms. The van der Waals surface area contributed by atoms with E-state index in [9.17, 15) is 8.42 Å². The molecule has 0 saturated carbocycles. The van der Waals surface area contributed by atoms with E-state index in [1.165, 1.54) is 0 Å². The fourth-order valence-corrected chi connectivity index (χ4v) is 2.66. The lowest BCUT2D eigenvalue weighted by molar-refractivity contribution is 0.548. The molecule has 4 nitrogen and oxygen atoms in total. The normalized spacial score (nSPS) is 15.5. The summed E-state index contributed by atoms with van der Waals surface area (Å²) in [6, 6.07) is 9.66. The standard InChI is InChI=1S/C12H20N2O2S/c1-10(8-12-6-4-3-5-7-12)14-17(15,16)11(2)9-13/h3-7,10-11,14H,8-9,13H2,1-2H3. The summed E-state index contributed by atoms with van der Waals surface area (Å²) < 4.78 is 26.2. The van der Waals surface area contributed by atoms with Gasteiger partial charge in [0.1, 0.15) is 0 Å². The molecular weight excluding hydrogens is 236 g/mol. The van der Waals surface area contributed by atoms with Crippen LogP contribution in [0, 0.1) is 0 Å². The van der Waals surface area contributed by atoms with Crippen LogP contribution in [0.3, 0.4) is 0 Å². The first-order valence-corrected chi connectivity index (χ1v) is 7.25. The Balaban J connectivity index is 2.59. The van der Waals surface area contributed by atoms with Crippen molar-refractivity contribution in [3.05, 3.63) is 35.9 Å². The van der Waals surface area contributed by atoms with Gasteiger partial charge in [0.25, 0.3) is 0 Å². The van der Waals surface area contributed by atoms with Crippen molar-refractivity contribution in [1.29, 1.82) is 0 Å². The van der Waals surface area contributed by atoms with Crippen LogP contribution in [0.4, 0.5) is 0 Å². The van der Waals surface area contributed by atoms with E-state index in [1.807, 2.05) is 37.3 Å². The first-order chi connectivity index (χ1) is 7.95. The predicted molar refractivity (Wildman–Crippen MR) is 70.2 cm³/mol. The van der Waals surface area contributed by atoms with Crippen molar-refractivity contribution in [1.82, 2.24) is 4.72 Å². The molecule has 0 spiro atoms. The lowest BCUT2D eigenvalue weighted by Crippen LogP contribution is -2.42. The van der Waals surface area contributed by atoms with E-state index in [4.69, 9.17) is 5.73 Å². The molecule has 96 valence electrons. The molecule has 0 heterocycles. The van der Waals surface area contributed by atoms with E-state index >= 15 is 0 Å². The number of hydrogen-bond donors (Lipinski definition) is 2. The minimum atomic E-state index is -3.30. The van der Waals surface area contributed by atoms with E-state index in [-0.39, 0.29) is 12.6 Å². The van der Waals surface area contributed by atoms with Gasteiger partial charge in [-0.2, -0.15) is 0 Å². The average molecular weight is 256 g/mol. The number of nitrogens with two attached hydrogens (primary N) is 1. The molecule has 1 aromatic carbocycles. The zero-order valence-corrected chi connectivity index (χ0v) is 11.1. The SMILES string of the molecule is CC(Cc1ccccc1)NS(=O)(=O)C(C)CN. The zero-order valence-electron chi connectivity index (χ0n) is 10.3. The number of sulfonamides is 1. The van der Waals surface area contributed by atoms with E-state index < -0.39 is 15.3 Å². The first kappa shape index (κ1) is 14.2. The predicted octanol–water partition coefficient (Wildman–Crippen LogP) is 0.884. The van der Waals surface area contributed by atoms with Gasteiger partial charge in [0, 0.05) is 12.6 Å². The minimum Gasteiger partial charge on any atom is -0.329 e. The molecule has 0 saturated heterocycles. The molecule has 1 aromatic rings. The van der Waals surface area contributed by atoms with Gasteiger partial charge in [-0.15, -0.1) is 0 Å². The highest BCUT2D eigenvalue weighted by Gasteiger charge is 2.21. The second kappa shape index (κ2) is 6.14. The van der Waals surface area contributed by atoms with Crippen LogP contribution in [0.15, 0.2) is 30.3 Å². The molecule has 0 radical (unpaired) electrons. The highest BCUT2D eigenvalue weighted by molar-refractivity contribution is 7.90. The van der Waals surface area contributed by atoms with Crippen LogP contribution in [0.2, 0.25) is 0 Å². The van der Waals surface area contributed by atoms with Crippen LogP contribution < -0.4 is 10.5 Å². The summed E-state index contributed by atoms with van der Waals surface area (Å²) in [5, 5.41) is -0.555. The summed E-state index contributed by atoms with van der Waals surface area (Å²) in [5.41, 5.74) is 6.48. The Kier molecular flexibility index (Phi) is 5.11. The molecule has 0 aliphatic carbocycles. The smallest absolute Gasteiger partial charge is 0.215 e. The monoisotopic (exact) mass is 256 g/mol. The Bertz CT molecular complexity index is 431. The summed E-state index contributed by atoms with van der Waals surface area (Å²) in [4.78, 5) is 0. The Hall–Kier alpha value is -0.910. The highest BCUT2D eigenvalue weighted by Crippen LogP contribution is 2.05. The van der Waals surface area contributed by atoms with Gasteiger partial charge in [-0.05, 0) is 25.8 Å². The highest BCUT2D eigenvalue weighted by atomic mass is 32.2. The van der Waals surface area contributed by atoms with Gasteiger partial charge < -0.3 is 5.73 Å². The van der Waals surface area contributed by atoms with Gasteiger partial charge in [-0.3, -0.25) is 0 Å². The summed E-state index contributed by atoms with van der Waals surface area (Å²) in [7, 11) is -3.30. The van der Waals surface area contributed by atoms with Crippen molar-refractivity contribution in [3.8, 4) is 0 Å². The van der Waals surface area contributed by atoms with E-state index in [2.05, 4.69) is 4.72 Å². The zero-order chi connectivity index (χ0) is 12.9. The maximum Gasteiger partial charge on any atom is 0.215 e. The second-order valence-corrected chi connectivity index (χ2v) is 6.43. The molecule has 17 heavy (non-hydrogen) atoms. The minimum absolute atomic E-state index is 0.128. The molecular formula is C12H20N2O2S. The topological polar surface area (TPSA) is 72.2 Å². The van der Waals surface area contributed by atoms with Crippen LogP contribution >= 0.6 is 0 Å². The van der Waals surface area contributed by atoms with Crippen molar-refractivity contribution in [2.24, 2.45) is 5.73 Å². The van der Waals surface area contributed by atoms with Crippen molar-refractivity contribution in [3.63, 3.8) is 0 Å². The molecule has 0 fully saturated rings. The number of rotatable bonds is 6. The number of benzene rings is 1. The molecule has 0 aromatic heterocycles. The Labute approximate surface area is 103 Å². The molecule has 0 aliphatic rings. The Morgan fingerprint density at radius 2 is 1.82 bits per heavy atom. The van der Waals surface area contributed by atoms with Crippen LogP contribution in [0.5, 0.6) is 0 Å². The third-order valence-electron chi connectivity index (χ3n) is 2.61. The van der Waals surface area contributed by atoms with Crippen molar-refractivity contribution in [2.75, 3.05) is 6.54 Å². The third kappa shape index (κ3) is 4.46. The van der Waals surface area contributed by atoms with Gasteiger partial charge in [0.15, 0.2) is 0 Å². The van der Waals surface area contributed by atoms with Gasteiger partial charge in [-0.25, -0.2) is 13.1 Å². The number of nitrogens with one attached hydrogen (secondary N) is 1. The van der Waals surface area contributed by atoms with Crippen molar-refractivity contribution in [2.45, 2.75) is 31.6 Å². The second-order valence-electron chi connectivity index (χ2n) is 4.30. The molecule has 0 amide bonds. The Morgan fingerprint density at radius 1 is 1.24 bits per heavy atom. The lowest BCUT2D eigenvalue weighted by atomic mass is 10.1. The average Bonchev–Trinajstić information content (AvgIpc) is 2.28. The molecule has 2 atom stereocenters. The maximum absolute atomic E-state index is 11.8. The van der Waals surface area contributed by atoms with E-state index in [0.29, 0.717) is 6.42 Å². The molecule has 3 N–H and O–H groups in total. The molecule has 5 heteroatoms.